The molecule has 0 aromatic heterocycles. The van der Waals surface area contributed by atoms with E-state index in [2.05, 4.69) is 11.8 Å². The van der Waals surface area contributed by atoms with Gasteiger partial charge in [0, 0.05) is 26.2 Å². The van der Waals surface area contributed by atoms with E-state index < -0.39 is 11.6 Å². The second-order valence-electron chi connectivity index (χ2n) is 3.99. The number of piperazine rings is 1. The van der Waals surface area contributed by atoms with Crippen LogP contribution in [0.2, 0.25) is 0 Å². The Labute approximate surface area is 94.5 Å². The summed E-state index contributed by atoms with van der Waals surface area (Å²) in [4.78, 5) is 4.06. The van der Waals surface area contributed by atoms with Crippen molar-refractivity contribution in [2.24, 2.45) is 0 Å². The Balaban J connectivity index is 2.14. The van der Waals surface area contributed by atoms with Gasteiger partial charge in [0.2, 0.25) is 0 Å². The van der Waals surface area contributed by atoms with Crippen LogP contribution in [0.1, 0.15) is 6.92 Å². The second-order valence-corrected chi connectivity index (χ2v) is 3.99. The Hall–Kier alpha value is -1.16. The number of para-hydroxylation sites is 1. The Bertz CT molecular complexity index is 340. The molecule has 1 saturated heterocycles. The summed E-state index contributed by atoms with van der Waals surface area (Å²) in [6.45, 7) is 6.19. The van der Waals surface area contributed by atoms with E-state index in [0.717, 1.165) is 19.6 Å². The van der Waals surface area contributed by atoms with Crippen molar-refractivity contribution in [1.29, 1.82) is 0 Å². The van der Waals surface area contributed by atoms with Crippen molar-refractivity contribution >= 4 is 5.69 Å². The van der Waals surface area contributed by atoms with Crippen LogP contribution < -0.4 is 4.90 Å². The number of likely N-dealkylation sites (N-methyl/N-ethyl adjacent to an activating group) is 1. The first-order valence-corrected chi connectivity index (χ1v) is 5.63. The van der Waals surface area contributed by atoms with Crippen molar-refractivity contribution < 1.29 is 8.78 Å². The zero-order valence-electron chi connectivity index (χ0n) is 9.42. The standard InChI is InChI=1S/C12H16F2N2/c1-2-15-6-8-16(9-7-15)12-10(13)4-3-5-11(12)14/h3-5H,2,6-9H2,1H3. The monoisotopic (exact) mass is 226 g/mol. The molecule has 0 aliphatic carbocycles. The maximum absolute atomic E-state index is 13.5. The molecule has 0 atom stereocenters. The highest BCUT2D eigenvalue weighted by molar-refractivity contribution is 5.49. The number of hydrogen-bond acceptors (Lipinski definition) is 2. The fraction of sp³-hybridized carbons (Fsp3) is 0.500. The van der Waals surface area contributed by atoms with Crippen molar-refractivity contribution in [2.75, 3.05) is 37.6 Å². The topological polar surface area (TPSA) is 6.48 Å². The van der Waals surface area contributed by atoms with Crippen molar-refractivity contribution in [3.8, 4) is 0 Å². The summed E-state index contributed by atoms with van der Waals surface area (Å²) < 4.78 is 27.0. The third-order valence-corrected chi connectivity index (χ3v) is 3.07. The number of halogens is 2. The highest BCUT2D eigenvalue weighted by Gasteiger charge is 2.21. The lowest BCUT2D eigenvalue weighted by Gasteiger charge is -2.35. The predicted molar refractivity (Wildman–Crippen MR) is 60.7 cm³/mol. The van der Waals surface area contributed by atoms with Crippen LogP contribution in [0.4, 0.5) is 14.5 Å². The molecule has 1 aromatic rings. The summed E-state index contributed by atoms with van der Waals surface area (Å²) in [5.74, 6) is -0.935. The van der Waals surface area contributed by atoms with Crippen LogP contribution >= 0.6 is 0 Å². The molecule has 2 nitrogen and oxygen atoms in total. The smallest absolute Gasteiger partial charge is 0.149 e. The Morgan fingerprint density at radius 3 is 2.12 bits per heavy atom. The second kappa shape index (κ2) is 4.78. The van der Waals surface area contributed by atoms with Crippen molar-refractivity contribution in [3.05, 3.63) is 29.8 Å². The van der Waals surface area contributed by atoms with Crippen molar-refractivity contribution in [2.45, 2.75) is 6.92 Å². The lowest BCUT2D eigenvalue weighted by molar-refractivity contribution is 0.269. The Morgan fingerprint density at radius 2 is 1.62 bits per heavy atom. The molecule has 0 saturated carbocycles. The number of hydrogen-bond donors (Lipinski definition) is 0. The molecule has 0 spiro atoms. The number of anilines is 1. The minimum absolute atomic E-state index is 0.123. The largest absolute Gasteiger partial charge is 0.364 e. The summed E-state index contributed by atoms with van der Waals surface area (Å²) >= 11 is 0. The van der Waals surface area contributed by atoms with E-state index in [0.29, 0.717) is 13.1 Å². The van der Waals surface area contributed by atoms with Crippen LogP contribution in [-0.2, 0) is 0 Å². The first-order chi connectivity index (χ1) is 7.72. The molecule has 0 N–H and O–H groups in total. The molecule has 2 rings (SSSR count). The van der Waals surface area contributed by atoms with Crippen LogP contribution in [0.25, 0.3) is 0 Å². The quantitative estimate of drug-likeness (QED) is 0.762. The van der Waals surface area contributed by atoms with Crippen LogP contribution in [0.15, 0.2) is 18.2 Å². The van der Waals surface area contributed by atoms with E-state index in [-0.39, 0.29) is 5.69 Å². The molecular weight excluding hydrogens is 210 g/mol. The molecule has 1 heterocycles. The van der Waals surface area contributed by atoms with E-state index in [4.69, 9.17) is 0 Å². The van der Waals surface area contributed by atoms with E-state index >= 15 is 0 Å². The van der Waals surface area contributed by atoms with Gasteiger partial charge in [0.05, 0.1) is 0 Å². The molecule has 0 unspecified atom stereocenters. The van der Waals surface area contributed by atoms with Crippen LogP contribution in [-0.4, -0.2) is 37.6 Å². The molecule has 1 aliphatic heterocycles. The summed E-state index contributed by atoms with van der Waals surface area (Å²) in [6, 6.07) is 4.02. The van der Waals surface area contributed by atoms with Gasteiger partial charge in [-0.25, -0.2) is 8.78 Å². The minimum atomic E-state index is -0.468. The predicted octanol–water partition coefficient (Wildman–Crippen LogP) is 2.11. The summed E-state index contributed by atoms with van der Waals surface area (Å²) in [7, 11) is 0. The van der Waals surface area contributed by atoms with Crippen molar-refractivity contribution in [3.63, 3.8) is 0 Å². The third kappa shape index (κ3) is 2.16. The van der Waals surface area contributed by atoms with Gasteiger partial charge < -0.3 is 9.80 Å². The van der Waals surface area contributed by atoms with E-state index in [9.17, 15) is 8.78 Å². The third-order valence-electron chi connectivity index (χ3n) is 3.07. The highest BCUT2D eigenvalue weighted by atomic mass is 19.1. The number of benzene rings is 1. The molecule has 1 aliphatic rings. The highest BCUT2D eigenvalue weighted by Crippen LogP contribution is 2.24. The molecule has 1 aromatic carbocycles. The fourth-order valence-electron chi connectivity index (χ4n) is 2.08. The van der Waals surface area contributed by atoms with Crippen LogP contribution in [0.5, 0.6) is 0 Å². The zero-order valence-corrected chi connectivity index (χ0v) is 9.42. The van der Waals surface area contributed by atoms with Gasteiger partial charge in [-0.15, -0.1) is 0 Å². The van der Waals surface area contributed by atoms with Gasteiger partial charge in [0.25, 0.3) is 0 Å². The molecule has 88 valence electrons. The molecule has 4 heteroatoms. The number of rotatable bonds is 2. The molecule has 1 fully saturated rings. The lowest BCUT2D eigenvalue weighted by Crippen LogP contribution is -2.46. The average molecular weight is 226 g/mol. The molecular formula is C12H16F2N2. The molecule has 16 heavy (non-hydrogen) atoms. The Morgan fingerprint density at radius 1 is 1.06 bits per heavy atom. The van der Waals surface area contributed by atoms with Gasteiger partial charge in [-0.05, 0) is 18.7 Å². The van der Waals surface area contributed by atoms with Gasteiger partial charge in [0.1, 0.15) is 17.3 Å². The van der Waals surface area contributed by atoms with Gasteiger partial charge in [0.15, 0.2) is 0 Å². The van der Waals surface area contributed by atoms with Gasteiger partial charge >= 0.3 is 0 Å². The number of nitrogens with zero attached hydrogens (tertiary/aromatic N) is 2. The minimum Gasteiger partial charge on any atom is -0.364 e. The van der Waals surface area contributed by atoms with Crippen LogP contribution in [0, 0.1) is 11.6 Å². The van der Waals surface area contributed by atoms with E-state index in [1.165, 1.54) is 18.2 Å². The maximum Gasteiger partial charge on any atom is 0.149 e. The first-order valence-electron chi connectivity index (χ1n) is 5.63. The van der Waals surface area contributed by atoms with Gasteiger partial charge in [-0.3, -0.25) is 0 Å². The van der Waals surface area contributed by atoms with Crippen molar-refractivity contribution in [1.82, 2.24) is 4.90 Å². The first kappa shape index (κ1) is 11.3. The fourth-order valence-corrected chi connectivity index (χ4v) is 2.08. The maximum atomic E-state index is 13.5. The zero-order chi connectivity index (χ0) is 11.5. The van der Waals surface area contributed by atoms with E-state index in [1.807, 2.05) is 0 Å². The van der Waals surface area contributed by atoms with E-state index in [1.54, 1.807) is 4.90 Å². The normalized spacial score (nSPS) is 17.8. The molecule has 0 bridgehead atoms. The summed E-state index contributed by atoms with van der Waals surface area (Å²) in [5.41, 5.74) is 0.123. The summed E-state index contributed by atoms with van der Waals surface area (Å²) in [5, 5.41) is 0. The van der Waals surface area contributed by atoms with Gasteiger partial charge in [-0.2, -0.15) is 0 Å². The SMILES string of the molecule is CCN1CCN(c2c(F)cccc2F)CC1. The Kier molecular flexibility index (Phi) is 3.39. The molecule has 0 radical (unpaired) electrons. The average Bonchev–Trinajstić information content (AvgIpc) is 2.30. The van der Waals surface area contributed by atoms with Gasteiger partial charge in [-0.1, -0.05) is 13.0 Å². The lowest BCUT2D eigenvalue weighted by atomic mass is 10.2. The van der Waals surface area contributed by atoms with Crippen LogP contribution in [0.3, 0.4) is 0 Å². The summed E-state index contributed by atoms with van der Waals surface area (Å²) in [6.07, 6.45) is 0. The molecule has 0 amide bonds.